The van der Waals surface area contributed by atoms with E-state index in [1.54, 1.807) is 0 Å². The average Bonchev–Trinajstić information content (AvgIpc) is 3.24. The number of rotatable bonds is 7. The van der Waals surface area contributed by atoms with Crippen LogP contribution in [0.2, 0.25) is 0 Å². The third-order valence-corrected chi connectivity index (χ3v) is 12.1. The molecular weight excluding hydrogens is 472 g/mol. The summed E-state index contributed by atoms with van der Waals surface area (Å²) in [4.78, 5) is 26.4. The predicted octanol–water partition coefficient (Wildman–Crippen LogP) is 7.48. The van der Waals surface area contributed by atoms with Crippen molar-refractivity contribution in [3.63, 3.8) is 0 Å². The van der Waals surface area contributed by atoms with Crippen molar-refractivity contribution in [2.24, 2.45) is 52.3 Å². The van der Waals surface area contributed by atoms with Crippen LogP contribution in [0.1, 0.15) is 109 Å². The molecule has 4 aliphatic carbocycles. The molecule has 4 fully saturated rings. The number of Topliss-reactive ketones (excluding diaryl/α,β-unsaturated/α-hetero) is 1. The van der Waals surface area contributed by atoms with E-state index in [2.05, 4.69) is 34.6 Å². The summed E-state index contributed by atoms with van der Waals surface area (Å²) in [5, 5.41) is 10.3. The molecule has 0 aliphatic heterocycles. The quantitative estimate of drug-likeness (QED) is 0.377. The van der Waals surface area contributed by atoms with E-state index in [1.165, 1.54) is 25.7 Å². The smallest absolute Gasteiger partial charge is 0.338 e. The summed E-state index contributed by atoms with van der Waals surface area (Å²) in [5.41, 5.74) is 1.06. The summed E-state index contributed by atoms with van der Waals surface area (Å²) in [6, 6.07) is 9.32. The van der Waals surface area contributed by atoms with Gasteiger partial charge in [0.1, 0.15) is 11.9 Å². The first kappa shape index (κ1) is 27.9. The predicted molar refractivity (Wildman–Crippen MR) is 150 cm³/mol. The number of hydrogen-bond donors (Lipinski definition) is 1. The molecule has 0 amide bonds. The van der Waals surface area contributed by atoms with Gasteiger partial charge in [0.15, 0.2) is 0 Å². The molecule has 4 nitrogen and oxygen atoms in total. The highest BCUT2D eigenvalue weighted by Gasteiger charge is 2.63. The summed E-state index contributed by atoms with van der Waals surface area (Å²) in [5.74, 6) is 3.32. The van der Waals surface area contributed by atoms with Crippen LogP contribution in [-0.2, 0) is 9.53 Å². The number of esters is 1. The number of hydrogen-bond acceptors (Lipinski definition) is 4. The number of carbonyl (C=O) groups is 2. The Balaban J connectivity index is 1.25. The van der Waals surface area contributed by atoms with Crippen LogP contribution in [0.3, 0.4) is 0 Å². The second-order valence-electron chi connectivity index (χ2n) is 14.4. The lowest BCUT2D eigenvalue weighted by molar-refractivity contribution is -0.160. The largest absolute Gasteiger partial charge is 0.459 e. The molecule has 1 N–H and O–H groups in total. The second-order valence-corrected chi connectivity index (χ2v) is 14.4. The van der Waals surface area contributed by atoms with Gasteiger partial charge < -0.3 is 9.84 Å². The first-order valence-electron chi connectivity index (χ1n) is 15.5. The van der Waals surface area contributed by atoms with Crippen LogP contribution in [0.5, 0.6) is 0 Å². The normalized spacial score (nSPS) is 40.1. The maximum absolute atomic E-state index is 13.7. The molecule has 1 aromatic rings. The van der Waals surface area contributed by atoms with Crippen LogP contribution in [0, 0.1) is 52.3 Å². The summed E-state index contributed by atoms with van der Waals surface area (Å²) in [7, 11) is 0. The van der Waals surface area contributed by atoms with Crippen molar-refractivity contribution in [1.29, 1.82) is 0 Å². The van der Waals surface area contributed by atoms with Crippen LogP contribution in [0.15, 0.2) is 30.3 Å². The Kier molecular flexibility index (Phi) is 7.86. The van der Waals surface area contributed by atoms with E-state index < -0.39 is 0 Å². The molecule has 4 saturated carbocycles. The fraction of sp³-hybridized carbons (Fsp3) is 0.765. The van der Waals surface area contributed by atoms with E-state index in [1.807, 2.05) is 30.3 Å². The zero-order chi connectivity index (χ0) is 27.2. The minimum absolute atomic E-state index is 0.0793. The third-order valence-electron chi connectivity index (χ3n) is 12.1. The number of ether oxygens (including phenoxy) is 1. The average molecular weight is 523 g/mol. The number of carbonyl (C=O) groups excluding carboxylic acids is 2. The summed E-state index contributed by atoms with van der Waals surface area (Å²) in [6.45, 7) is 11.7. The summed E-state index contributed by atoms with van der Waals surface area (Å²) in [6.07, 6.45) is 9.91. The van der Waals surface area contributed by atoms with E-state index >= 15 is 0 Å². The van der Waals surface area contributed by atoms with Gasteiger partial charge in [-0.15, -0.1) is 0 Å². The van der Waals surface area contributed by atoms with E-state index in [0.29, 0.717) is 47.4 Å². The molecular formula is C34H50O4. The summed E-state index contributed by atoms with van der Waals surface area (Å²) >= 11 is 0. The van der Waals surface area contributed by atoms with Gasteiger partial charge in [0.25, 0.3) is 0 Å². The molecule has 10 atom stereocenters. The van der Waals surface area contributed by atoms with Gasteiger partial charge in [-0.1, -0.05) is 52.8 Å². The molecule has 0 bridgehead atoms. The van der Waals surface area contributed by atoms with Gasteiger partial charge in [-0.3, -0.25) is 4.79 Å². The fourth-order valence-electron chi connectivity index (χ4n) is 9.82. The van der Waals surface area contributed by atoms with Gasteiger partial charge >= 0.3 is 5.97 Å². The lowest BCUT2D eigenvalue weighted by atomic mass is 9.44. The molecule has 38 heavy (non-hydrogen) atoms. The summed E-state index contributed by atoms with van der Waals surface area (Å²) < 4.78 is 6.00. The maximum atomic E-state index is 13.7. The van der Waals surface area contributed by atoms with Crippen LogP contribution >= 0.6 is 0 Å². The molecule has 0 radical (unpaired) electrons. The highest BCUT2D eigenvalue weighted by molar-refractivity contribution is 5.89. The van der Waals surface area contributed by atoms with Gasteiger partial charge in [0, 0.05) is 12.3 Å². The van der Waals surface area contributed by atoms with E-state index in [4.69, 9.17) is 4.74 Å². The standard InChI is InChI=1S/C34H50O4/c1-21(2)30(38-32(37)23-9-7-6-8-10-23)14-11-22(3)26-12-13-27-31-28(16-18-34(26,27)5)33(4)17-15-25(35)19-24(33)20-29(31)36/h6-10,21-22,24-28,30-31,35H,11-20H2,1-5H3/t22-,24?,25+,26-,27+,28+,30?,31+,33+,34-/m1/s1. The first-order chi connectivity index (χ1) is 18.0. The number of aliphatic hydroxyl groups is 1. The maximum Gasteiger partial charge on any atom is 0.338 e. The topological polar surface area (TPSA) is 63.6 Å². The number of aliphatic hydroxyl groups excluding tert-OH is 1. The Morgan fingerprint density at radius 2 is 1.66 bits per heavy atom. The Morgan fingerprint density at radius 1 is 0.974 bits per heavy atom. The van der Waals surface area contributed by atoms with Gasteiger partial charge in [-0.2, -0.15) is 0 Å². The van der Waals surface area contributed by atoms with Gasteiger partial charge in [0.2, 0.25) is 0 Å². The monoisotopic (exact) mass is 522 g/mol. The first-order valence-corrected chi connectivity index (χ1v) is 15.5. The minimum atomic E-state index is -0.221. The van der Waals surface area contributed by atoms with Crippen molar-refractivity contribution in [3.05, 3.63) is 35.9 Å². The Labute approximate surface area is 230 Å². The molecule has 1 aromatic carbocycles. The molecule has 0 aromatic heterocycles. The van der Waals surface area contributed by atoms with Crippen LogP contribution < -0.4 is 0 Å². The lowest BCUT2D eigenvalue weighted by Crippen LogP contribution is -2.57. The van der Waals surface area contributed by atoms with Crippen LogP contribution in [-0.4, -0.2) is 29.1 Å². The van der Waals surface area contributed by atoms with Crippen LogP contribution in [0.25, 0.3) is 0 Å². The third kappa shape index (κ3) is 4.88. The fourth-order valence-corrected chi connectivity index (χ4v) is 9.82. The van der Waals surface area contributed by atoms with Crippen molar-refractivity contribution in [3.8, 4) is 0 Å². The number of ketones is 1. The molecule has 0 saturated heterocycles. The zero-order valence-electron chi connectivity index (χ0n) is 24.3. The Hall–Kier alpha value is -1.68. The Morgan fingerprint density at radius 3 is 2.37 bits per heavy atom. The number of benzene rings is 1. The van der Waals surface area contributed by atoms with Gasteiger partial charge in [0.05, 0.1) is 11.7 Å². The van der Waals surface area contributed by atoms with Gasteiger partial charge in [-0.25, -0.2) is 4.79 Å². The second kappa shape index (κ2) is 10.7. The van der Waals surface area contributed by atoms with Crippen molar-refractivity contribution in [1.82, 2.24) is 0 Å². The molecule has 4 heteroatoms. The Bertz CT molecular complexity index is 1000. The van der Waals surface area contributed by atoms with Crippen molar-refractivity contribution in [2.75, 3.05) is 0 Å². The molecule has 4 aliphatic rings. The lowest BCUT2D eigenvalue weighted by Gasteiger charge is -2.60. The molecule has 5 rings (SSSR count). The molecule has 2 unspecified atom stereocenters. The zero-order valence-corrected chi connectivity index (χ0v) is 24.3. The van der Waals surface area contributed by atoms with E-state index in [9.17, 15) is 14.7 Å². The molecule has 0 heterocycles. The molecule has 0 spiro atoms. The highest BCUT2D eigenvalue weighted by Crippen LogP contribution is 2.67. The van der Waals surface area contributed by atoms with Crippen molar-refractivity contribution >= 4 is 11.8 Å². The van der Waals surface area contributed by atoms with Crippen molar-refractivity contribution in [2.45, 2.75) is 111 Å². The molecule has 210 valence electrons. The number of fused-ring (bicyclic) bond motifs is 5. The van der Waals surface area contributed by atoms with Gasteiger partial charge in [-0.05, 0) is 116 Å². The van der Waals surface area contributed by atoms with Crippen LogP contribution in [0.4, 0.5) is 0 Å². The SMILES string of the molecule is CC(C)C(CC[C@@H](C)[C@H]1CC[C@H]2[C@@H]3C(=O)CC4C[C@@H](O)CC[C@]4(C)[C@H]3CC[C@]12C)OC(=O)c1ccccc1. The van der Waals surface area contributed by atoms with Crippen molar-refractivity contribution < 1.29 is 19.4 Å². The minimum Gasteiger partial charge on any atom is -0.459 e. The van der Waals surface area contributed by atoms with E-state index in [-0.39, 0.29) is 40.8 Å². The highest BCUT2D eigenvalue weighted by atomic mass is 16.5. The van der Waals surface area contributed by atoms with E-state index in [0.717, 1.165) is 32.1 Å².